The second kappa shape index (κ2) is 10.5. The summed E-state index contributed by atoms with van der Waals surface area (Å²) in [5, 5.41) is 17.6. The van der Waals surface area contributed by atoms with Gasteiger partial charge in [-0.3, -0.25) is 19.4 Å². The average Bonchev–Trinajstić information content (AvgIpc) is 3.56. The Morgan fingerprint density at radius 2 is 1.70 bits per heavy atom. The minimum atomic E-state index is -1.03. The molecule has 2 aromatic carbocycles. The first-order chi connectivity index (χ1) is 20.5. The summed E-state index contributed by atoms with van der Waals surface area (Å²) in [7, 11) is 1.56. The molecule has 3 aromatic rings. The van der Waals surface area contributed by atoms with Gasteiger partial charge >= 0.3 is 5.69 Å². The fourth-order valence-electron chi connectivity index (χ4n) is 7.14. The van der Waals surface area contributed by atoms with Crippen LogP contribution in [0.25, 0.3) is 0 Å². The summed E-state index contributed by atoms with van der Waals surface area (Å²) in [4.78, 5) is 55.0. The molecule has 6 rings (SSSR count). The highest BCUT2D eigenvalue weighted by Crippen LogP contribution is 2.48. The molecule has 0 bridgehead atoms. The molecule has 0 spiro atoms. The van der Waals surface area contributed by atoms with Gasteiger partial charge < -0.3 is 21.7 Å². The van der Waals surface area contributed by atoms with Crippen molar-refractivity contribution >= 4 is 17.7 Å². The van der Waals surface area contributed by atoms with Crippen LogP contribution in [0.15, 0.2) is 41.2 Å². The number of benzene rings is 2. The second-order valence-corrected chi connectivity index (χ2v) is 12.0. The number of aromatic amines is 1. The van der Waals surface area contributed by atoms with Crippen molar-refractivity contribution in [3.05, 3.63) is 86.1 Å². The van der Waals surface area contributed by atoms with Crippen molar-refractivity contribution in [3.8, 4) is 6.07 Å². The summed E-state index contributed by atoms with van der Waals surface area (Å²) < 4.78 is 1.24. The number of hydrogen-bond acceptors (Lipinski definition) is 7. The van der Waals surface area contributed by atoms with Gasteiger partial charge in [-0.15, -0.1) is 0 Å². The third kappa shape index (κ3) is 4.79. The monoisotopic (exact) mass is 582 g/mol. The van der Waals surface area contributed by atoms with Gasteiger partial charge in [-0.1, -0.05) is 12.1 Å². The minimum absolute atomic E-state index is 0.0539. The van der Waals surface area contributed by atoms with Gasteiger partial charge in [-0.05, 0) is 91.5 Å². The SMILES string of the molecule is C[C@@H](CC1(c2nn(C)c(=O)[nH]2)c2ccc(C(N)=O)cc2CCc2cc(C(N)=O)ccc21)NCC(=O)N1C(C#N)C[C@@H]2C[C@@H]21. The number of nitrogens with zero attached hydrogens (tertiary/aromatic N) is 4. The van der Waals surface area contributed by atoms with Crippen molar-refractivity contribution in [3.63, 3.8) is 0 Å². The van der Waals surface area contributed by atoms with E-state index in [9.17, 15) is 24.4 Å². The average molecular weight is 583 g/mol. The number of rotatable bonds is 8. The van der Waals surface area contributed by atoms with Crippen LogP contribution in [0.2, 0.25) is 0 Å². The van der Waals surface area contributed by atoms with Crippen LogP contribution in [0.3, 0.4) is 0 Å². The lowest BCUT2D eigenvalue weighted by atomic mass is 9.67. The standard InChI is InChI=1S/C31H34N8O4/c1-16(35-15-26(40)39-22(14-32)11-21-12-25(21)39)13-31(29-36-30(43)38(2)37-29)23-7-5-19(27(33)41)9-17(23)3-4-18-10-20(28(34)42)6-8-24(18)31/h5-10,16,21-22,25,35H,3-4,11-13,15H2,1-2H3,(H2,33,41)(H2,34,42)(H,36,37,43)/t16-,21+,22?,25-/m0/s1. The highest BCUT2D eigenvalue weighted by atomic mass is 16.2. The first-order valence-electron chi connectivity index (χ1n) is 14.5. The lowest BCUT2D eigenvalue weighted by Gasteiger charge is -2.37. The first kappa shape index (κ1) is 28.4. The number of likely N-dealkylation sites (tertiary alicyclic amines) is 1. The van der Waals surface area contributed by atoms with Crippen LogP contribution in [-0.4, -0.2) is 62.1 Å². The molecule has 1 aliphatic heterocycles. The number of carbonyl (C=O) groups excluding carboxylic acids is 3. The number of carbonyl (C=O) groups is 3. The molecule has 3 amide bonds. The van der Waals surface area contributed by atoms with Crippen LogP contribution < -0.4 is 22.5 Å². The van der Waals surface area contributed by atoms with E-state index in [1.54, 1.807) is 36.2 Å². The Hall–Kier alpha value is -4.76. The maximum atomic E-state index is 13.3. The third-order valence-corrected chi connectivity index (χ3v) is 9.29. The molecule has 1 saturated carbocycles. The van der Waals surface area contributed by atoms with Crippen molar-refractivity contribution in [2.24, 2.45) is 24.4 Å². The molecule has 12 nitrogen and oxygen atoms in total. The number of primary amides is 2. The molecule has 2 fully saturated rings. The quantitative estimate of drug-likeness (QED) is 0.299. The van der Waals surface area contributed by atoms with Crippen LogP contribution in [0.5, 0.6) is 0 Å². The zero-order valence-corrected chi connectivity index (χ0v) is 24.1. The molecule has 2 heterocycles. The predicted octanol–water partition coefficient (Wildman–Crippen LogP) is 0.620. The Bertz CT molecular complexity index is 1690. The number of aryl methyl sites for hydroxylation is 3. The first-order valence-corrected chi connectivity index (χ1v) is 14.5. The van der Waals surface area contributed by atoms with Crippen LogP contribution >= 0.6 is 0 Å². The molecule has 0 radical (unpaired) electrons. The maximum absolute atomic E-state index is 13.3. The van der Waals surface area contributed by atoms with Crippen LogP contribution in [0.4, 0.5) is 0 Å². The molecule has 1 saturated heterocycles. The molecular weight excluding hydrogens is 548 g/mol. The van der Waals surface area contributed by atoms with Gasteiger partial charge in [-0.25, -0.2) is 9.48 Å². The molecule has 6 N–H and O–H groups in total. The number of nitriles is 1. The van der Waals surface area contributed by atoms with E-state index in [1.807, 2.05) is 19.1 Å². The van der Waals surface area contributed by atoms with E-state index in [2.05, 4.69) is 21.5 Å². The summed E-state index contributed by atoms with van der Waals surface area (Å²) in [5.74, 6) is -0.400. The number of aromatic nitrogens is 3. The van der Waals surface area contributed by atoms with E-state index in [0.29, 0.717) is 42.1 Å². The zero-order chi connectivity index (χ0) is 30.6. The fourth-order valence-corrected chi connectivity index (χ4v) is 7.14. The smallest absolute Gasteiger partial charge is 0.343 e. The van der Waals surface area contributed by atoms with E-state index in [-0.39, 0.29) is 24.5 Å². The van der Waals surface area contributed by atoms with E-state index in [4.69, 9.17) is 11.5 Å². The molecule has 1 unspecified atom stereocenters. The largest absolute Gasteiger partial charge is 0.366 e. The van der Waals surface area contributed by atoms with Gasteiger partial charge in [0.2, 0.25) is 17.7 Å². The molecule has 1 aromatic heterocycles. The van der Waals surface area contributed by atoms with Crippen molar-refractivity contribution in [2.45, 2.75) is 62.6 Å². The van der Waals surface area contributed by atoms with Gasteiger partial charge in [0.1, 0.15) is 11.9 Å². The summed E-state index contributed by atoms with van der Waals surface area (Å²) in [5.41, 5.74) is 14.0. The highest BCUT2D eigenvalue weighted by Gasteiger charge is 2.54. The van der Waals surface area contributed by atoms with Gasteiger partial charge in [0.15, 0.2) is 0 Å². The van der Waals surface area contributed by atoms with Crippen LogP contribution in [0.1, 0.15) is 75.0 Å². The summed E-state index contributed by atoms with van der Waals surface area (Å²) in [6.45, 7) is 2.01. The maximum Gasteiger partial charge on any atom is 0.343 e. The van der Waals surface area contributed by atoms with Gasteiger partial charge in [-0.2, -0.15) is 10.4 Å². The number of nitrogens with two attached hydrogens (primary N) is 2. The second-order valence-electron chi connectivity index (χ2n) is 12.0. The van der Waals surface area contributed by atoms with E-state index >= 15 is 0 Å². The van der Waals surface area contributed by atoms with Crippen LogP contribution in [-0.2, 0) is 30.1 Å². The Balaban J connectivity index is 1.45. The lowest BCUT2D eigenvalue weighted by Crippen LogP contribution is -2.46. The Kier molecular flexibility index (Phi) is 6.93. The summed E-state index contributed by atoms with van der Waals surface area (Å²) in [6.07, 6.45) is 3.12. The summed E-state index contributed by atoms with van der Waals surface area (Å²) >= 11 is 0. The molecule has 4 atom stereocenters. The van der Waals surface area contributed by atoms with Crippen molar-refractivity contribution in [2.75, 3.05) is 6.54 Å². The number of H-pyrrole nitrogens is 1. The van der Waals surface area contributed by atoms with Crippen molar-refractivity contribution in [1.29, 1.82) is 5.26 Å². The summed E-state index contributed by atoms with van der Waals surface area (Å²) in [6, 6.07) is 12.3. The number of amides is 3. The van der Waals surface area contributed by atoms with E-state index in [0.717, 1.165) is 35.1 Å². The highest BCUT2D eigenvalue weighted by molar-refractivity contribution is 5.94. The van der Waals surface area contributed by atoms with Crippen LogP contribution in [0, 0.1) is 17.2 Å². The topological polar surface area (TPSA) is 193 Å². The molecule has 222 valence electrons. The van der Waals surface area contributed by atoms with Crippen molar-refractivity contribution < 1.29 is 14.4 Å². The molecule has 12 heteroatoms. The zero-order valence-electron chi connectivity index (χ0n) is 24.1. The predicted molar refractivity (Wildman–Crippen MR) is 156 cm³/mol. The van der Waals surface area contributed by atoms with Gasteiger partial charge in [0.05, 0.1) is 18.0 Å². The van der Waals surface area contributed by atoms with Gasteiger partial charge in [0, 0.05) is 30.3 Å². The number of hydrogen-bond donors (Lipinski definition) is 4. The van der Waals surface area contributed by atoms with Crippen molar-refractivity contribution in [1.82, 2.24) is 25.0 Å². The van der Waals surface area contributed by atoms with Gasteiger partial charge in [0.25, 0.3) is 0 Å². The normalized spacial score (nSPS) is 22.0. The lowest BCUT2D eigenvalue weighted by molar-refractivity contribution is -0.131. The molecular formula is C31H34N8O4. The third-order valence-electron chi connectivity index (χ3n) is 9.29. The molecule has 2 aliphatic carbocycles. The fraction of sp³-hybridized carbons (Fsp3) is 0.419. The molecule has 43 heavy (non-hydrogen) atoms. The Labute approximate surface area is 248 Å². The van der Waals surface area contributed by atoms with E-state index < -0.39 is 29.0 Å². The minimum Gasteiger partial charge on any atom is -0.366 e. The Morgan fingerprint density at radius 3 is 2.21 bits per heavy atom. The number of fused-ring (bicyclic) bond motifs is 3. The molecule has 3 aliphatic rings. The Morgan fingerprint density at radius 1 is 1.09 bits per heavy atom. The van der Waals surface area contributed by atoms with E-state index in [1.165, 1.54) is 4.68 Å². The number of piperidine rings is 1. The number of nitrogens with one attached hydrogen (secondary N) is 2.